The normalized spacial score (nSPS) is 11.0. The number of amides is 2. The number of nitrogens with one attached hydrogen (secondary N) is 3. The van der Waals surface area contributed by atoms with Gasteiger partial charge in [0.1, 0.15) is 5.75 Å². The van der Waals surface area contributed by atoms with Crippen molar-refractivity contribution in [2.24, 2.45) is 0 Å². The van der Waals surface area contributed by atoms with Gasteiger partial charge in [-0.3, -0.25) is 9.59 Å². The second-order valence-electron chi connectivity index (χ2n) is 7.98. The second kappa shape index (κ2) is 10.4. The molecule has 0 aliphatic carbocycles. The van der Waals surface area contributed by atoms with Crippen LogP contribution in [0.25, 0.3) is 0 Å². The van der Waals surface area contributed by atoms with Crippen LogP contribution in [0.1, 0.15) is 31.8 Å². The standard InChI is InChI=1S/C26H20F3N5O3/c1-15-5-6-19(32-23(36)16-3-2-4-17(11-16)26(27,28)29)12-22(15)24(37)33-20-13-30-25(31-14-20)34-18-7-9-21(35)10-8-18/h2-14,35H,1H3,(H,32,36)(H,33,37)(H,30,31,34). The first-order chi connectivity index (χ1) is 17.6. The highest BCUT2D eigenvalue weighted by atomic mass is 19.4. The van der Waals surface area contributed by atoms with Crippen LogP contribution in [-0.4, -0.2) is 26.9 Å². The summed E-state index contributed by atoms with van der Waals surface area (Å²) in [5.74, 6) is -0.833. The van der Waals surface area contributed by atoms with E-state index >= 15 is 0 Å². The van der Waals surface area contributed by atoms with E-state index in [1.54, 1.807) is 31.2 Å². The average Bonchev–Trinajstić information content (AvgIpc) is 2.87. The fraction of sp³-hybridized carbons (Fsp3) is 0.0769. The molecular formula is C26H20F3N5O3. The van der Waals surface area contributed by atoms with Crippen molar-refractivity contribution in [3.8, 4) is 5.75 Å². The van der Waals surface area contributed by atoms with Crippen LogP contribution in [0.5, 0.6) is 5.75 Å². The van der Waals surface area contributed by atoms with E-state index in [0.29, 0.717) is 16.9 Å². The highest BCUT2D eigenvalue weighted by molar-refractivity contribution is 6.08. The van der Waals surface area contributed by atoms with Gasteiger partial charge in [-0.1, -0.05) is 12.1 Å². The molecule has 0 saturated carbocycles. The Hall–Kier alpha value is -4.93. The summed E-state index contributed by atoms with van der Waals surface area (Å²) in [6.45, 7) is 1.70. The van der Waals surface area contributed by atoms with E-state index in [9.17, 15) is 27.9 Å². The van der Waals surface area contributed by atoms with Gasteiger partial charge in [-0.15, -0.1) is 0 Å². The lowest BCUT2D eigenvalue weighted by atomic mass is 10.1. The van der Waals surface area contributed by atoms with Crippen molar-refractivity contribution in [3.63, 3.8) is 0 Å². The molecule has 0 aliphatic rings. The lowest BCUT2D eigenvalue weighted by Gasteiger charge is -2.12. The van der Waals surface area contributed by atoms with Gasteiger partial charge in [0.25, 0.3) is 11.8 Å². The molecule has 3 aromatic carbocycles. The second-order valence-corrected chi connectivity index (χ2v) is 7.98. The average molecular weight is 507 g/mol. The van der Waals surface area contributed by atoms with Crippen molar-refractivity contribution in [2.75, 3.05) is 16.0 Å². The first-order valence-electron chi connectivity index (χ1n) is 10.9. The molecule has 0 unspecified atom stereocenters. The van der Waals surface area contributed by atoms with Crippen molar-refractivity contribution < 1.29 is 27.9 Å². The molecule has 4 rings (SSSR count). The molecule has 8 nitrogen and oxygen atoms in total. The molecule has 37 heavy (non-hydrogen) atoms. The summed E-state index contributed by atoms with van der Waals surface area (Å²) in [5, 5.41) is 17.5. The Morgan fingerprint density at radius 1 is 0.811 bits per heavy atom. The first-order valence-corrected chi connectivity index (χ1v) is 10.9. The van der Waals surface area contributed by atoms with Crippen LogP contribution < -0.4 is 16.0 Å². The Morgan fingerprint density at radius 2 is 1.46 bits per heavy atom. The number of aromatic hydroxyl groups is 1. The summed E-state index contributed by atoms with van der Waals surface area (Å²) in [5.41, 5.74) is 0.973. The molecular weight excluding hydrogens is 487 g/mol. The lowest BCUT2D eigenvalue weighted by Crippen LogP contribution is -2.16. The third kappa shape index (κ3) is 6.40. The Labute approximate surface area is 209 Å². The molecule has 0 saturated heterocycles. The fourth-order valence-corrected chi connectivity index (χ4v) is 3.31. The van der Waals surface area contributed by atoms with E-state index in [1.807, 2.05) is 0 Å². The number of aromatic nitrogens is 2. The van der Waals surface area contributed by atoms with Crippen molar-refractivity contribution in [1.29, 1.82) is 0 Å². The van der Waals surface area contributed by atoms with Crippen LogP contribution in [0, 0.1) is 6.92 Å². The number of carbonyl (C=O) groups is 2. The minimum Gasteiger partial charge on any atom is -0.508 e. The minimum absolute atomic E-state index is 0.124. The van der Waals surface area contributed by atoms with Gasteiger partial charge in [0.05, 0.1) is 23.6 Å². The maximum absolute atomic E-state index is 13.0. The van der Waals surface area contributed by atoms with E-state index in [1.165, 1.54) is 36.7 Å². The first kappa shape index (κ1) is 25.2. The molecule has 4 aromatic rings. The Kier molecular flexibility index (Phi) is 7.05. The molecule has 0 spiro atoms. The summed E-state index contributed by atoms with van der Waals surface area (Å²) >= 11 is 0. The SMILES string of the molecule is Cc1ccc(NC(=O)c2cccc(C(F)(F)F)c2)cc1C(=O)Nc1cnc(Nc2ccc(O)cc2)nc1. The molecule has 0 bridgehead atoms. The van der Waals surface area contributed by atoms with E-state index in [4.69, 9.17) is 0 Å². The molecule has 0 atom stereocenters. The zero-order valence-electron chi connectivity index (χ0n) is 19.3. The third-order valence-electron chi connectivity index (χ3n) is 5.23. The molecule has 1 heterocycles. The molecule has 1 aromatic heterocycles. The number of nitrogens with zero attached hydrogens (tertiary/aromatic N) is 2. The Bertz CT molecular complexity index is 1440. The summed E-state index contributed by atoms with van der Waals surface area (Å²) in [6, 6.07) is 15.0. The number of rotatable bonds is 6. The van der Waals surface area contributed by atoms with Crippen LogP contribution in [0.4, 0.5) is 36.2 Å². The van der Waals surface area contributed by atoms with Crippen LogP contribution in [-0.2, 0) is 6.18 Å². The number of carbonyl (C=O) groups excluding carboxylic acids is 2. The highest BCUT2D eigenvalue weighted by Gasteiger charge is 2.30. The number of phenols is 1. The summed E-state index contributed by atoms with van der Waals surface area (Å²) in [6.07, 6.45) is -1.76. The minimum atomic E-state index is -4.57. The summed E-state index contributed by atoms with van der Waals surface area (Å²) in [7, 11) is 0. The number of anilines is 4. The zero-order chi connectivity index (χ0) is 26.6. The molecule has 11 heteroatoms. The van der Waals surface area contributed by atoms with Gasteiger partial charge in [0.2, 0.25) is 5.95 Å². The number of halogens is 3. The monoisotopic (exact) mass is 507 g/mol. The van der Waals surface area contributed by atoms with Crippen molar-refractivity contribution in [1.82, 2.24) is 9.97 Å². The predicted octanol–water partition coefficient (Wildman–Crippen LogP) is 5.76. The summed E-state index contributed by atoms with van der Waals surface area (Å²) in [4.78, 5) is 33.7. The van der Waals surface area contributed by atoms with Crippen molar-refractivity contribution >= 4 is 34.8 Å². The van der Waals surface area contributed by atoms with Crippen LogP contribution in [0.3, 0.4) is 0 Å². The van der Waals surface area contributed by atoms with E-state index in [0.717, 1.165) is 18.2 Å². The highest BCUT2D eigenvalue weighted by Crippen LogP contribution is 2.30. The molecule has 0 radical (unpaired) electrons. The van der Waals surface area contributed by atoms with Crippen molar-refractivity contribution in [3.05, 3.63) is 101 Å². The predicted molar refractivity (Wildman–Crippen MR) is 132 cm³/mol. The third-order valence-corrected chi connectivity index (χ3v) is 5.23. The number of hydrogen-bond acceptors (Lipinski definition) is 6. The zero-order valence-corrected chi connectivity index (χ0v) is 19.3. The molecule has 0 fully saturated rings. The molecule has 0 aliphatic heterocycles. The smallest absolute Gasteiger partial charge is 0.416 e. The Balaban J connectivity index is 1.44. The number of hydrogen-bond donors (Lipinski definition) is 4. The van der Waals surface area contributed by atoms with Gasteiger partial charge in [-0.25, -0.2) is 9.97 Å². The number of phenolic OH excluding ortho intramolecular Hbond substituents is 1. The van der Waals surface area contributed by atoms with Crippen LogP contribution in [0.2, 0.25) is 0 Å². The van der Waals surface area contributed by atoms with Crippen molar-refractivity contribution in [2.45, 2.75) is 13.1 Å². The quantitative estimate of drug-likeness (QED) is 0.247. The van der Waals surface area contributed by atoms with Gasteiger partial charge in [-0.05, 0) is 67.1 Å². The van der Waals surface area contributed by atoms with Gasteiger partial charge in [0.15, 0.2) is 0 Å². The van der Waals surface area contributed by atoms with Gasteiger partial charge >= 0.3 is 6.18 Å². The van der Waals surface area contributed by atoms with E-state index < -0.39 is 23.6 Å². The topological polar surface area (TPSA) is 116 Å². The number of aryl methyl sites for hydroxylation is 1. The van der Waals surface area contributed by atoms with Gasteiger partial charge in [0, 0.05) is 22.5 Å². The number of alkyl halides is 3. The molecule has 4 N–H and O–H groups in total. The lowest BCUT2D eigenvalue weighted by molar-refractivity contribution is -0.137. The van der Waals surface area contributed by atoms with Crippen LogP contribution >= 0.6 is 0 Å². The maximum Gasteiger partial charge on any atom is 0.416 e. The van der Waals surface area contributed by atoms with Crippen LogP contribution in [0.15, 0.2) is 79.1 Å². The summed E-state index contributed by atoms with van der Waals surface area (Å²) < 4.78 is 38.9. The number of benzene rings is 3. The Morgan fingerprint density at radius 3 is 2.14 bits per heavy atom. The molecule has 2 amide bonds. The van der Waals surface area contributed by atoms with E-state index in [2.05, 4.69) is 25.9 Å². The maximum atomic E-state index is 13.0. The fourth-order valence-electron chi connectivity index (χ4n) is 3.31. The van der Waals surface area contributed by atoms with E-state index in [-0.39, 0.29) is 28.5 Å². The largest absolute Gasteiger partial charge is 0.508 e. The van der Waals surface area contributed by atoms with Gasteiger partial charge < -0.3 is 21.1 Å². The molecule has 188 valence electrons. The van der Waals surface area contributed by atoms with Gasteiger partial charge in [-0.2, -0.15) is 13.2 Å².